The second-order valence-electron chi connectivity index (χ2n) is 6.84. The first-order valence-corrected chi connectivity index (χ1v) is 9.34. The maximum Gasteiger partial charge on any atom is 0.213 e. The van der Waals surface area contributed by atoms with Crippen molar-refractivity contribution in [3.63, 3.8) is 0 Å². The number of anilines is 1. The molecule has 1 N–H and O–H groups in total. The highest BCUT2D eigenvalue weighted by molar-refractivity contribution is 5.69. The van der Waals surface area contributed by atoms with Crippen LogP contribution in [0, 0.1) is 11.3 Å². The Labute approximate surface area is 164 Å². The molecule has 0 spiro atoms. The Bertz CT molecular complexity index is 981. The van der Waals surface area contributed by atoms with Crippen LogP contribution in [-0.4, -0.2) is 29.3 Å². The van der Waals surface area contributed by atoms with E-state index in [1.54, 1.807) is 12.1 Å². The molecule has 1 unspecified atom stereocenters. The smallest absolute Gasteiger partial charge is 0.213 e. The first-order chi connectivity index (χ1) is 13.8. The molecule has 1 aliphatic rings. The standard InChI is InChI=1S/C23H21N3O2/c24-13-17-6-9-23(25-14-17)28-21-10-11-26(15-21)22-8-7-19(12-20(22)16-27)18-4-2-1-3-5-18/h1-9,12,14,21,27H,10-11,15-16H2. The number of hydrogen-bond donors (Lipinski definition) is 1. The minimum absolute atomic E-state index is 0.00475. The average Bonchev–Trinajstić information content (AvgIpc) is 3.22. The maximum atomic E-state index is 9.91. The third-order valence-electron chi connectivity index (χ3n) is 5.00. The molecule has 0 saturated carbocycles. The zero-order valence-corrected chi connectivity index (χ0v) is 15.5. The molecule has 5 heteroatoms. The Balaban J connectivity index is 1.48. The average molecular weight is 371 g/mol. The molecule has 5 nitrogen and oxygen atoms in total. The molecule has 2 aromatic carbocycles. The zero-order valence-electron chi connectivity index (χ0n) is 15.5. The van der Waals surface area contributed by atoms with Gasteiger partial charge in [0.2, 0.25) is 5.88 Å². The van der Waals surface area contributed by atoms with Crippen molar-refractivity contribution in [1.29, 1.82) is 5.26 Å². The minimum Gasteiger partial charge on any atom is -0.472 e. The summed E-state index contributed by atoms with van der Waals surface area (Å²) in [6.07, 6.45) is 2.43. The van der Waals surface area contributed by atoms with Crippen LogP contribution >= 0.6 is 0 Å². The molecule has 0 aliphatic carbocycles. The molecule has 28 heavy (non-hydrogen) atoms. The Hall–Kier alpha value is -3.36. The summed E-state index contributed by atoms with van der Waals surface area (Å²) in [5.41, 5.74) is 4.71. The highest BCUT2D eigenvalue weighted by atomic mass is 16.5. The van der Waals surface area contributed by atoms with Crippen LogP contribution in [-0.2, 0) is 6.61 Å². The second-order valence-corrected chi connectivity index (χ2v) is 6.84. The van der Waals surface area contributed by atoms with Gasteiger partial charge in [0.25, 0.3) is 0 Å². The van der Waals surface area contributed by atoms with Crippen molar-refractivity contribution in [2.45, 2.75) is 19.1 Å². The number of nitriles is 1. The van der Waals surface area contributed by atoms with E-state index in [4.69, 9.17) is 10.00 Å². The van der Waals surface area contributed by atoms with Gasteiger partial charge in [-0.25, -0.2) is 4.98 Å². The van der Waals surface area contributed by atoms with Crippen LogP contribution in [0.2, 0.25) is 0 Å². The molecular formula is C23H21N3O2. The summed E-state index contributed by atoms with van der Waals surface area (Å²) in [5.74, 6) is 0.535. The third kappa shape index (κ3) is 3.83. The fourth-order valence-electron chi connectivity index (χ4n) is 3.56. The normalized spacial score (nSPS) is 16.0. The quantitative estimate of drug-likeness (QED) is 0.739. The number of aliphatic hydroxyl groups excluding tert-OH is 1. The molecule has 2 heterocycles. The fraction of sp³-hybridized carbons (Fsp3) is 0.217. The molecule has 0 radical (unpaired) electrons. The van der Waals surface area contributed by atoms with E-state index in [0.717, 1.165) is 41.9 Å². The predicted molar refractivity (Wildman–Crippen MR) is 108 cm³/mol. The summed E-state index contributed by atoms with van der Waals surface area (Å²) >= 11 is 0. The van der Waals surface area contributed by atoms with Gasteiger partial charge in [0.15, 0.2) is 0 Å². The molecule has 140 valence electrons. The number of benzene rings is 2. The molecule has 1 aliphatic heterocycles. The van der Waals surface area contributed by atoms with Crippen LogP contribution < -0.4 is 9.64 Å². The van der Waals surface area contributed by atoms with Gasteiger partial charge in [-0.3, -0.25) is 0 Å². The van der Waals surface area contributed by atoms with Crippen LogP contribution in [0.3, 0.4) is 0 Å². The van der Waals surface area contributed by atoms with Gasteiger partial charge >= 0.3 is 0 Å². The lowest BCUT2D eigenvalue weighted by atomic mass is 10.0. The summed E-state index contributed by atoms with van der Waals surface area (Å²) in [7, 11) is 0. The number of aliphatic hydroxyl groups is 1. The fourth-order valence-corrected chi connectivity index (χ4v) is 3.56. The van der Waals surface area contributed by atoms with Gasteiger partial charge in [-0.15, -0.1) is 0 Å². The lowest BCUT2D eigenvalue weighted by molar-refractivity contribution is 0.216. The maximum absolute atomic E-state index is 9.91. The van der Waals surface area contributed by atoms with Crippen molar-refractivity contribution in [3.8, 4) is 23.1 Å². The number of aromatic nitrogens is 1. The number of pyridine rings is 1. The number of nitrogens with zero attached hydrogens (tertiary/aromatic N) is 3. The summed E-state index contributed by atoms with van der Waals surface area (Å²) in [4.78, 5) is 6.43. The molecule has 4 rings (SSSR count). The zero-order chi connectivity index (χ0) is 19.3. The topological polar surface area (TPSA) is 69.4 Å². The molecule has 0 amide bonds. The van der Waals surface area contributed by atoms with Crippen molar-refractivity contribution in [3.05, 3.63) is 78.0 Å². The van der Waals surface area contributed by atoms with Crippen molar-refractivity contribution >= 4 is 5.69 Å². The van der Waals surface area contributed by atoms with Gasteiger partial charge in [0, 0.05) is 36.5 Å². The van der Waals surface area contributed by atoms with E-state index in [2.05, 4.69) is 46.3 Å². The van der Waals surface area contributed by atoms with E-state index in [0.29, 0.717) is 11.4 Å². The van der Waals surface area contributed by atoms with Gasteiger partial charge in [0.1, 0.15) is 12.2 Å². The van der Waals surface area contributed by atoms with Crippen molar-refractivity contribution in [2.75, 3.05) is 18.0 Å². The first-order valence-electron chi connectivity index (χ1n) is 9.34. The summed E-state index contributed by atoms with van der Waals surface area (Å²) in [6, 6.07) is 21.9. The Kier molecular flexibility index (Phi) is 5.22. The van der Waals surface area contributed by atoms with Crippen molar-refractivity contribution in [2.24, 2.45) is 0 Å². The summed E-state index contributed by atoms with van der Waals surface area (Å²) in [5, 5.41) is 18.8. The van der Waals surface area contributed by atoms with Crippen molar-refractivity contribution < 1.29 is 9.84 Å². The first kappa shape index (κ1) is 18.0. The number of rotatable bonds is 5. The van der Waals surface area contributed by atoms with Gasteiger partial charge in [0.05, 0.1) is 18.7 Å². The summed E-state index contributed by atoms with van der Waals surface area (Å²) in [6.45, 7) is 1.59. The Morgan fingerprint density at radius 2 is 1.96 bits per heavy atom. The Morgan fingerprint density at radius 3 is 2.68 bits per heavy atom. The number of hydrogen-bond acceptors (Lipinski definition) is 5. The Morgan fingerprint density at radius 1 is 1.11 bits per heavy atom. The number of ether oxygens (including phenoxy) is 1. The van der Waals surface area contributed by atoms with Crippen LogP contribution in [0.1, 0.15) is 17.5 Å². The van der Waals surface area contributed by atoms with Crippen LogP contribution in [0.15, 0.2) is 66.9 Å². The van der Waals surface area contributed by atoms with Crippen molar-refractivity contribution in [1.82, 2.24) is 4.98 Å². The summed E-state index contributed by atoms with van der Waals surface area (Å²) < 4.78 is 5.97. The predicted octanol–water partition coefficient (Wildman–Crippen LogP) is 3.77. The molecule has 3 aromatic rings. The van der Waals surface area contributed by atoms with E-state index in [1.807, 2.05) is 18.2 Å². The van der Waals surface area contributed by atoms with Crippen LogP contribution in [0.25, 0.3) is 11.1 Å². The minimum atomic E-state index is -0.00475. The lowest BCUT2D eigenvalue weighted by Gasteiger charge is -2.22. The molecule has 1 saturated heterocycles. The molecule has 1 fully saturated rings. The van der Waals surface area contributed by atoms with E-state index in [9.17, 15) is 5.11 Å². The molecular weight excluding hydrogens is 350 g/mol. The molecule has 0 bridgehead atoms. The monoisotopic (exact) mass is 371 g/mol. The third-order valence-corrected chi connectivity index (χ3v) is 5.00. The van der Waals surface area contributed by atoms with E-state index in [-0.39, 0.29) is 12.7 Å². The van der Waals surface area contributed by atoms with E-state index in [1.165, 1.54) is 6.20 Å². The van der Waals surface area contributed by atoms with Gasteiger partial charge in [-0.05, 0) is 29.3 Å². The highest BCUT2D eigenvalue weighted by Gasteiger charge is 2.26. The molecule has 1 atom stereocenters. The van der Waals surface area contributed by atoms with Gasteiger partial charge in [-0.1, -0.05) is 36.4 Å². The lowest BCUT2D eigenvalue weighted by Crippen LogP contribution is -2.25. The largest absolute Gasteiger partial charge is 0.472 e. The van der Waals surface area contributed by atoms with Gasteiger partial charge in [-0.2, -0.15) is 5.26 Å². The van der Waals surface area contributed by atoms with E-state index >= 15 is 0 Å². The van der Waals surface area contributed by atoms with Gasteiger partial charge < -0.3 is 14.7 Å². The molecule has 1 aromatic heterocycles. The van der Waals surface area contributed by atoms with Crippen LogP contribution in [0.5, 0.6) is 5.88 Å². The SMILES string of the molecule is N#Cc1ccc(OC2CCN(c3ccc(-c4ccccc4)cc3CO)C2)nc1. The van der Waals surface area contributed by atoms with E-state index < -0.39 is 0 Å². The second kappa shape index (κ2) is 8.12. The highest BCUT2D eigenvalue weighted by Crippen LogP contribution is 2.30. The van der Waals surface area contributed by atoms with Crippen LogP contribution in [0.4, 0.5) is 5.69 Å².